The summed E-state index contributed by atoms with van der Waals surface area (Å²) in [5, 5.41) is 2.25. The van der Waals surface area contributed by atoms with Crippen LogP contribution in [0.3, 0.4) is 0 Å². The molecule has 0 aliphatic carbocycles. The molecule has 0 aliphatic rings. The molecule has 0 fully saturated rings. The molecule has 1 aromatic heterocycles. The Morgan fingerprint density at radius 1 is 0.893 bits per heavy atom. The molecule has 2 N–H and O–H groups in total. The van der Waals surface area contributed by atoms with Gasteiger partial charge in [0.2, 0.25) is 0 Å². The van der Waals surface area contributed by atoms with Crippen LogP contribution in [-0.2, 0) is 13.0 Å². The van der Waals surface area contributed by atoms with Crippen LogP contribution >= 0.6 is 0 Å². The molecule has 140 valence electrons. The molecule has 0 bridgehead atoms. The molecule has 1 unspecified atom stereocenters. The number of nitrogens with two attached hydrogens (primary N) is 1. The third kappa shape index (κ3) is 4.02. The third-order valence-corrected chi connectivity index (χ3v) is 4.80. The zero-order valence-electron chi connectivity index (χ0n) is 15.4. The van der Waals surface area contributed by atoms with Gasteiger partial charge in [-0.3, -0.25) is 4.98 Å². The van der Waals surface area contributed by atoms with E-state index in [2.05, 4.69) is 17.1 Å². The maximum atomic E-state index is 13.1. The Bertz CT molecular complexity index is 1060. The molecule has 0 saturated carbocycles. The van der Waals surface area contributed by atoms with Gasteiger partial charge in [-0.1, -0.05) is 48.5 Å². The van der Waals surface area contributed by atoms with Crippen molar-refractivity contribution in [1.29, 1.82) is 0 Å². The van der Waals surface area contributed by atoms with E-state index in [0.29, 0.717) is 13.0 Å². The van der Waals surface area contributed by atoms with Crippen molar-refractivity contribution in [2.75, 3.05) is 0 Å². The predicted octanol–water partition coefficient (Wildman–Crippen LogP) is 5.20. The van der Waals surface area contributed by atoms with E-state index in [-0.39, 0.29) is 11.9 Å². The molecule has 4 rings (SSSR count). The quantitative estimate of drug-likeness (QED) is 0.506. The molecular formula is C24H21FN2O. The zero-order valence-corrected chi connectivity index (χ0v) is 15.4. The van der Waals surface area contributed by atoms with Crippen molar-refractivity contribution < 1.29 is 9.13 Å². The van der Waals surface area contributed by atoms with Gasteiger partial charge in [0.1, 0.15) is 18.2 Å². The Morgan fingerprint density at radius 2 is 1.68 bits per heavy atom. The summed E-state index contributed by atoms with van der Waals surface area (Å²) in [4.78, 5) is 4.39. The molecule has 0 amide bonds. The highest BCUT2D eigenvalue weighted by atomic mass is 19.1. The van der Waals surface area contributed by atoms with Crippen molar-refractivity contribution in [2.24, 2.45) is 5.73 Å². The smallest absolute Gasteiger partial charge is 0.123 e. The van der Waals surface area contributed by atoms with Gasteiger partial charge in [0.25, 0.3) is 0 Å². The Hall–Kier alpha value is -3.24. The lowest BCUT2D eigenvalue weighted by atomic mass is 9.96. The van der Waals surface area contributed by atoms with E-state index in [4.69, 9.17) is 10.5 Å². The number of hydrogen-bond acceptors (Lipinski definition) is 3. The first-order chi connectivity index (χ1) is 13.7. The molecule has 4 heteroatoms. The number of ether oxygens (including phenoxy) is 1. The number of hydrogen-bond donors (Lipinski definition) is 1. The molecule has 0 radical (unpaired) electrons. The van der Waals surface area contributed by atoms with Crippen LogP contribution < -0.4 is 10.5 Å². The molecule has 4 aromatic rings. The van der Waals surface area contributed by atoms with Crippen LogP contribution in [0.4, 0.5) is 4.39 Å². The average Bonchev–Trinajstić information content (AvgIpc) is 2.75. The summed E-state index contributed by atoms with van der Waals surface area (Å²) < 4.78 is 19.2. The molecule has 0 aliphatic heterocycles. The number of pyridine rings is 1. The van der Waals surface area contributed by atoms with Gasteiger partial charge >= 0.3 is 0 Å². The summed E-state index contributed by atoms with van der Waals surface area (Å²) in [5.41, 5.74) is 9.26. The first-order valence-corrected chi connectivity index (χ1v) is 9.25. The summed E-state index contributed by atoms with van der Waals surface area (Å²) in [6.45, 7) is 0.366. The second-order valence-electron chi connectivity index (χ2n) is 6.74. The molecular weight excluding hydrogens is 351 g/mol. The van der Waals surface area contributed by atoms with Crippen molar-refractivity contribution in [3.05, 3.63) is 108 Å². The SMILES string of the molecule is NC(Cc1c(OCc2ccc(F)cc2)ccc2ccccc12)c1ccccn1. The Kier molecular flexibility index (Phi) is 5.31. The highest BCUT2D eigenvalue weighted by molar-refractivity contribution is 5.87. The molecule has 3 nitrogen and oxygen atoms in total. The fraction of sp³-hybridized carbons (Fsp3) is 0.125. The number of nitrogens with zero attached hydrogens (tertiary/aromatic N) is 1. The van der Waals surface area contributed by atoms with Gasteiger partial charge in [0, 0.05) is 11.8 Å². The van der Waals surface area contributed by atoms with E-state index in [1.807, 2.05) is 42.5 Å². The van der Waals surface area contributed by atoms with E-state index in [1.165, 1.54) is 12.1 Å². The van der Waals surface area contributed by atoms with E-state index in [0.717, 1.165) is 33.3 Å². The summed E-state index contributed by atoms with van der Waals surface area (Å²) in [6, 6.07) is 24.1. The lowest BCUT2D eigenvalue weighted by Gasteiger charge is -2.18. The first-order valence-electron chi connectivity index (χ1n) is 9.25. The molecule has 0 spiro atoms. The maximum Gasteiger partial charge on any atom is 0.123 e. The van der Waals surface area contributed by atoms with Gasteiger partial charge in [-0.25, -0.2) is 4.39 Å². The summed E-state index contributed by atoms with van der Waals surface area (Å²) in [7, 11) is 0. The predicted molar refractivity (Wildman–Crippen MR) is 110 cm³/mol. The minimum Gasteiger partial charge on any atom is -0.489 e. The summed E-state index contributed by atoms with van der Waals surface area (Å²) in [6.07, 6.45) is 2.36. The fourth-order valence-corrected chi connectivity index (χ4v) is 3.32. The minimum atomic E-state index is -0.253. The standard InChI is InChI=1S/C24H21FN2O/c25-19-11-8-17(9-12-19)16-28-24-13-10-18-5-1-2-6-20(18)21(24)15-22(26)23-7-3-4-14-27-23/h1-14,22H,15-16,26H2. The molecule has 0 saturated heterocycles. The average molecular weight is 372 g/mol. The number of halogens is 1. The Balaban J connectivity index is 1.65. The molecule has 28 heavy (non-hydrogen) atoms. The third-order valence-electron chi connectivity index (χ3n) is 4.80. The number of aromatic nitrogens is 1. The summed E-state index contributed by atoms with van der Waals surface area (Å²) in [5.74, 6) is 0.533. The highest BCUT2D eigenvalue weighted by Gasteiger charge is 2.15. The van der Waals surface area contributed by atoms with Gasteiger partial charge in [0.05, 0.1) is 11.7 Å². The molecule has 3 aromatic carbocycles. The van der Waals surface area contributed by atoms with Crippen LogP contribution in [0.1, 0.15) is 22.9 Å². The second-order valence-corrected chi connectivity index (χ2v) is 6.74. The largest absolute Gasteiger partial charge is 0.489 e. The van der Waals surface area contributed by atoms with Crippen LogP contribution in [0.25, 0.3) is 10.8 Å². The topological polar surface area (TPSA) is 48.1 Å². The van der Waals surface area contributed by atoms with Crippen LogP contribution in [0, 0.1) is 5.82 Å². The van der Waals surface area contributed by atoms with E-state index in [1.54, 1.807) is 18.3 Å². The lowest BCUT2D eigenvalue weighted by Crippen LogP contribution is -2.15. The number of fused-ring (bicyclic) bond motifs is 1. The van der Waals surface area contributed by atoms with Gasteiger partial charge in [-0.15, -0.1) is 0 Å². The normalized spacial score (nSPS) is 12.1. The van der Waals surface area contributed by atoms with Crippen LogP contribution in [-0.4, -0.2) is 4.98 Å². The Labute approximate surface area is 163 Å². The second kappa shape index (κ2) is 8.19. The van der Waals surface area contributed by atoms with Gasteiger partial charge in [0.15, 0.2) is 0 Å². The van der Waals surface area contributed by atoms with Crippen LogP contribution in [0.5, 0.6) is 5.75 Å². The van der Waals surface area contributed by atoms with Gasteiger partial charge in [-0.2, -0.15) is 0 Å². The molecule has 1 heterocycles. The zero-order chi connectivity index (χ0) is 19.3. The van der Waals surface area contributed by atoms with Crippen molar-refractivity contribution >= 4 is 10.8 Å². The van der Waals surface area contributed by atoms with Crippen molar-refractivity contribution in [2.45, 2.75) is 19.1 Å². The van der Waals surface area contributed by atoms with Crippen molar-refractivity contribution in [1.82, 2.24) is 4.98 Å². The van der Waals surface area contributed by atoms with E-state index in [9.17, 15) is 4.39 Å². The van der Waals surface area contributed by atoms with E-state index < -0.39 is 0 Å². The van der Waals surface area contributed by atoms with Crippen LogP contribution in [0.2, 0.25) is 0 Å². The lowest BCUT2D eigenvalue weighted by molar-refractivity contribution is 0.302. The van der Waals surface area contributed by atoms with Gasteiger partial charge in [-0.05, 0) is 53.1 Å². The summed E-state index contributed by atoms with van der Waals surface area (Å²) >= 11 is 0. The Morgan fingerprint density at radius 3 is 2.46 bits per heavy atom. The van der Waals surface area contributed by atoms with Crippen molar-refractivity contribution in [3.63, 3.8) is 0 Å². The first kappa shape index (κ1) is 18.1. The monoisotopic (exact) mass is 372 g/mol. The number of benzene rings is 3. The minimum absolute atomic E-state index is 0.236. The fourth-order valence-electron chi connectivity index (χ4n) is 3.32. The van der Waals surface area contributed by atoms with E-state index >= 15 is 0 Å². The highest BCUT2D eigenvalue weighted by Crippen LogP contribution is 2.31. The van der Waals surface area contributed by atoms with Crippen molar-refractivity contribution in [3.8, 4) is 5.75 Å². The molecule has 1 atom stereocenters. The van der Waals surface area contributed by atoms with Crippen LogP contribution in [0.15, 0.2) is 85.1 Å². The number of rotatable bonds is 6. The van der Waals surface area contributed by atoms with Gasteiger partial charge < -0.3 is 10.5 Å². The maximum absolute atomic E-state index is 13.1.